The summed E-state index contributed by atoms with van der Waals surface area (Å²) in [5.74, 6) is 0.681. The van der Waals surface area contributed by atoms with Crippen molar-refractivity contribution >= 4 is 0 Å². The number of benzene rings is 1. The molecule has 1 aromatic carbocycles. The molecule has 6 nitrogen and oxygen atoms in total. The van der Waals surface area contributed by atoms with Crippen molar-refractivity contribution in [3.8, 4) is 23.1 Å². The van der Waals surface area contributed by atoms with E-state index < -0.39 is 0 Å². The minimum Gasteiger partial charge on any atom is -0.497 e. The van der Waals surface area contributed by atoms with Gasteiger partial charge in [-0.15, -0.1) is 0 Å². The van der Waals surface area contributed by atoms with Crippen molar-refractivity contribution in [1.82, 2.24) is 5.16 Å². The zero-order valence-corrected chi connectivity index (χ0v) is 8.38. The number of aromatic nitrogens is 2. The maximum atomic E-state index is 11.0. The van der Waals surface area contributed by atoms with E-state index in [0.29, 0.717) is 11.3 Å². The van der Waals surface area contributed by atoms with E-state index in [-0.39, 0.29) is 16.3 Å². The summed E-state index contributed by atoms with van der Waals surface area (Å²) in [6, 6.07) is 8.54. The van der Waals surface area contributed by atoms with Crippen LogP contribution in [0.2, 0.25) is 0 Å². The van der Waals surface area contributed by atoms with Crippen molar-refractivity contribution in [3.63, 3.8) is 0 Å². The van der Waals surface area contributed by atoms with E-state index in [2.05, 4.69) is 9.79 Å². The first-order valence-electron chi connectivity index (χ1n) is 4.40. The van der Waals surface area contributed by atoms with Crippen LogP contribution in [0.3, 0.4) is 0 Å². The molecule has 0 spiro atoms. The third-order valence-electron chi connectivity index (χ3n) is 2.08. The van der Waals surface area contributed by atoms with Crippen LogP contribution in [-0.2, 0) is 0 Å². The Bertz CT molecular complexity index is 539. The number of nitriles is 1. The van der Waals surface area contributed by atoms with Crippen LogP contribution >= 0.6 is 0 Å². The summed E-state index contributed by atoms with van der Waals surface area (Å²) in [4.78, 5) is 0.0829. The minimum atomic E-state index is -0.162. The summed E-state index contributed by atoms with van der Waals surface area (Å²) in [6.45, 7) is 0. The molecule has 0 aliphatic heterocycles. The number of methoxy groups -OCH3 is 1. The van der Waals surface area contributed by atoms with Crippen LogP contribution in [0.15, 0.2) is 28.9 Å². The van der Waals surface area contributed by atoms with Gasteiger partial charge in [0.1, 0.15) is 5.75 Å². The zero-order valence-electron chi connectivity index (χ0n) is 8.38. The Labute approximate surface area is 90.8 Å². The summed E-state index contributed by atoms with van der Waals surface area (Å²) in [7, 11) is 1.55. The van der Waals surface area contributed by atoms with Crippen molar-refractivity contribution in [2.45, 2.75) is 0 Å². The molecule has 2 aromatic rings. The van der Waals surface area contributed by atoms with Crippen LogP contribution in [0, 0.1) is 16.5 Å². The SMILES string of the molecule is COc1ccc(-c2no[n+]([O-])c2C#N)cc1. The molecule has 2 rings (SSSR count). The number of ether oxygens (including phenoxy) is 1. The Balaban J connectivity index is 2.47. The highest BCUT2D eigenvalue weighted by Gasteiger charge is 2.20. The van der Waals surface area contributed by atoms with Gasteiger partial charge in [-0.1, -0.05) is 0 Å². The van der Waals surface area contributed by atoms with Crippen molar-refractivity contribution in [2.24, 2.45) is 0 Å². The van der Waals surface area contributed by atoms with Crippen molar-refractivity contribution in [2.75, 3.05) is 7.11 Å². The van der Waals surface area contributed by atoms with Gasteiger partial charge in [0.25, 0.3) is 5.69 Å². The number of hydrogen-bond donors (Lipinski definition) is 0. The fraction of sp³-hybridized carbons (Fsp3) is 0.100. The van der Waals surface area contributed by atoms with Crippen LogP contribution < -0.4 is 9.64 Å². The largest absolute Gasteiger partial charge is 0.497 e. The van der Waals surface area contributed by atoms with Gasteiger partial charge in [0.2, 0.25) is 0 Å². The maximum Gasteiger partial charge on any atom is 0.302 e. The Hall–Kier alpha value is -2.55. The highest BCUT2D eigenvalue weighted by Crippen LogP contribution is 2.21. The molecule has 0 aliphatic rings. The molecule has 6 heteroatoms. The number of nitrogens with zero attached hydrogens (tertiary/aromatic N) is 3. The van der Waals surface area contributed by atoms with E-state index in [4.69, 9.17) is 10.00 Å². The fourth-order valence-corrected chi connectivity index (χ4v) is 1.28. The van der Waals surface area contributed by atoms with E-state index in [0.717, 1.165) is 0 Å². The maximum absolute atomic E-state index is 11.0. The first kappa shape index (κ1) is 9.98. The molecular formula is C10H7N3O3. The molecular weight excluding hydrogens is 210 g/mol. The van der Waals surface area contributed by atoms with Crippen LogP contribution in [0.4, 0.5) is 0 Å². The van der Waals surface area contributed by atoms with Gasteiger partial charge >= 0.3 is 5.69 Å². The Morgan fingerprint density at radius 1 is 1.44 bits per heavy atom. The second kappa shape index (κ2) is 3.90. The summed E-state index contributed by atoms with van der Waals surface area (Å²) < 4.78 is 9.35. The van der Waals surface area contributed by atoms with Crippen LogP contribution in [0.25, 0.3) is 11.3 Å². The number of rotatable bonds is 2. The number of hydrogen-bond acceptors (Lipinski definition) is 5. The molecule has 1 heterocycles. The monoisotopic (exact) mass is 217 g/mol. The highest BCUT2D eigenvalue weighted by atomic mass is 16.8. The first-order valence-corrected chi connectivity index (χ1v) is 4.40. The standard InChI is InChI=1S/C10H7N3O3/c1-15-8-4-2-7(3-5-8)10-9(6-11)13(14)16-12-10/h2-5H,1H3. The summed E-state index contributed by atoms with van der Waals surface area (Å²) >= 11 is 0. The van der Waals surface area contributed by atoms with E-state index >= 15 is 0 Å². The Morgan fingerprint density at radius 3 is 2.69 bits per heavy atom. The van der Waals surface area contributed by atoms with Gasteiger partial charge in [-0.3, -0.25) is 4.63 Å². The fourth-order valence-electron chi connectivity index (χ4n) is 1.28. The topological polar surface area (TPSA) is 86.0 Å². The summed E-state index contributed by atoms with van der Waals surface area (Å²) in [5.41, 5.74) is 0.681. The lowest BCUT2D eigenvalue weighted by Gasteiger charge is -1.98. The van der Waals surface area contributed by atoms with Crippen molar-refractivity contribution in [3.05, 3.63) is 35.2 Å². The predicted molar refractivity (Wildman–Crippen MR) is 52.2 cm³/mol. The molecule has 0 amide bonds. The molecule has 80 valence electrons. The van der Waals surface area contributed by atoms with E-state index in [1.165, 1.54) is 0 Å². The molecule has 0 saturated carbocycles. The lowest BCUT2D eigenvalue weighted by Crippen LogP contribution is -2.26. The summed E-state index contributed by atoms with van der Waals surface area (Å²) in [6.07, 6.45) is 0. The van der Waals surface area contributed by atoms with Crippen LogP contribution in [0.5, 0.6) is 5.75 Å². The van der Waals surface area contributed by atoms with Gasteiger partial charge in [0.15, 0.2) is 6.07 Å². The molecule has 0 atom stereocenters. The Morgan fingerprint density at radius 2 is 2.12 bits per heavy atom. The van der Waals surface area contributed by atoms with Gasteiger partial charge in [0.05, 0.1) is 7.11 Å². The van der Waals surface area contributed by atoms with Crippen LogP contribution in [-0.4, -0.2) is 12.3 Å². The molecule has 0 fully saturated rings. The molecule has 0 aliphatic carbocycles. The summed E-state index contributed by atoms with van der Waals surface area (Å²) in [5, 5.41) is 23.3. The van der Waals surface area contributed by atoms with Gasteiger partial charge in [0, 0.05) is 10.7 Å². The lowest BCUT2D eigenvalue weighted by molar-refractivity contribution is -0.804. The highest BCUT2D eigenvalue weighted by molar-refractivity contribution is 5.63. The quantitative estimate of drug-likeness (QED) is 0.696. The second-order valence-corrected chi connectivity index (χ2v) is 2.97. The zero-order chi connectivity index (χ0) is 11.5. The Kier molecular flexibility index (Phi) is 2.44. The predicted octanol–water partition coefficient (Wildman–Crippen LogP) is 0.855. The van der Waals surface area contributed by atoms with E-state index in [1.54, 1.807) is 37.4 Å². The molecule has 0 saturated heterocycles. The van der Waals surface area contributed by atoms with Gasteiger partial charge in [-0.2, -0.15) is 5.26 Å². The molecule has 0 N–H and O–H groups in total. The normalized spacial score (nSPS) is 9.75. The van der Waals surface area contributed by atoms with Crippen molar-refractivity contribution < 1.29 is 14.3 Å². The first-order chi connectivity index (χ1) is 7.76. The van der Waals surface area contributed by atoms with Gasteiger partial charge < -0.3 is 9.94 Å². The smallest absolute Gasteiger partial charge is 0.302 e. The molecule has 16 heavy (non-hydrogen) atoms. The average molecular weight is 217 g/mol. The molecule has 0 radical (unpaired) electrons. The minimum absolute atomic E-state index is 0.0829. The third-order valence-corrected chi connectivity index (χ3v) is 2.08. The van der Waals surface area contributed by atoms with E-state index in [9.17, 15) is 5.21 Å². The van der Waals surface area contributed by atoms with E-state index in [1.807, 2.05) is 0 Å². The van der Waals surface area contributed by atoms with Crippen molar-refractivity contribution in [1.29, 1.82) is 5.26 Å². The molecule has 0 bridgehead atoms. The third kappa shape index (κ3) is 1.54. The van der Waals surface area contributed by atoms with Gasteiger partial charge in [-0.25, -0.2) is 0 Å². The lowest BCUT2D eigenvalue weighted by atomic mass is 10.1. The average Bonchev–Trinajstić information content (AvgIpc) is 2.70. The second-order valence-electron chi connectivity index (χ2n) is 2.97. The molecule has 1 aromatic heterocycles. The van der Waals surface area contributed by atoms with Crippen LogP contribution in [0.1, 0.15) is 5.69 Å². The molecule has 0 unspecified atom stereocenters. The van der Waals surface area contributed by atoms with Gasteiger partial charge in [-0.05, 0) is 29.2 Å².